The van der Waals surface area contributed by atoms with E-state index in [-0.39, 0.29) is 0 Å². The lowest BCUT2D eigenvalue weighted by molar-refractivity contribution is 0.236. The molecule has 0 aromatic carbocycles. The molecule has 1 N–H and O–H groups in total. The molecular weight excluding hydrogens is 270 g/mol. The van der Waals surface area contributed by atoms with Gasteiger partial charge in [0.05, 0.1) is 5.69 Å². The largest absolute Gasteiger partial charge is 0.328 e. The van der Waals surface area contributed by atoms with E-state index < -0.39 is 0 Å². The highest BCUT2D eigenvalue weighted by Crippen LogP contribution is 2.20. The first-order chi connectivity index (χ1) is 9.61. The Morgan fingerprint density at radius 2 is 2.05 bits per heavy atom. The lowest BCUT2D eigenvalue weighted by Crippen LogP contribution is -2.33. The summed E-state index contributed by atoms with van der Waals surface area (Å²) in [6.45, 7) is 10.7. The number of H-pyrrole nitrogens is 1. The first-order valence-electron chi connectivity index (χ1n) is 7.51. The predicted octanol–water partition coefficient (Wildman–Crippen LogP) is 2.71. The van der Waals surface area contributed by atoms with Gasteiger partial charge >= 0.3 is 0 Å². The molecular formula is C14H23N5S. The van der Waals surface area contributed by atoms with Crippen molar-refractivity contribution < 1.29 is 0 Å². The first kappa shape index (κ1) is 13.8. The van der Waals surface area contributed by atoms with Crippen LogP contribution in [0.25, 0.3) is 11.2 Å². The monoisotopic (exact) mass is 293 g/mol. The Kier molecular flexibility index (Phi) is 3.69. The van der Waals surface area contributed by atoms with Crippen molar-refractivity contribution in [3.8, 4) is 0 Å². The van der Waals surface area contributed by atoms with E-state index in [1.54, 1.807) is 0 Å². The smallest absolute Gasteiger partial charge is 0.179 e. The number of imidazole rings is 1. The van der Waals surface area contributed by atoms with Gasteiger partial charge in [-0.15, -0.1) is 0 Å². The van der Waals surface area contributed by atoms with Crippen molar-refractivity contribution in [1.82, 2.24) is 24.2 Å². The van der Waals surface area contributed by atoms with Gasteiger partial charge < -0.3 is 9.55 Å². The molecule has 1 aliphatic heterocycles. The zero-order valence-electron chi connectivity index (χ0n) is 12.5. The van der Waals surface area contributed by atoms with Gasteiger partial charge in [-0.3, -0.25) is 4.90 Å². The Hall–Kier alpha value is -1.14. The van der Waals surface area contributed by atoms with E-state index in [1.165, 1.54) is 25.9 Å². The van der Waals surface area contributed by atoms with Gasteiger partial charge in [0.25, 0.3) is 0 Å². The van der Waals surface area contributed by atoms with Gasteiger partial charge in [-0.2, -0.15) is 5.10 Å². The van der Waals surface area contributed by atoms with Gasteiger partial charge in [0.2, 0.25) is 0 Å². The van der Waals surface area contributed by atoms with Crippen molar-refractivity contribution in [3.05, 3.63) is 10.5 Å². The van der Waals surface area contributed by atoms with Crippen molar-refractivity contribution in [1.29, 1.82) is 0 Å². The standard InChI is InChI=1S/C14H23N5S/c1-4-19-13-12(11(3)16-19)15-14(20)18(13)9-10(2)17-7-5-6-8-17/h10H,4-9H2,1-3H3,(H,15,20). The van der Waals surface area contributed by atoms with Crippen LogP contribution in [-0.2, 0) is 13.1 Å². The maximum atomic E-state index is 5.51. The maximum absolute atomic E-state index is 5.51. The average Bonchev–Trinajstić information content (AvgIpc) is 3.11. The maximum Gasteiger partial charge on any atom is 0.179 e. The number of hydrogen-bond donors (Lipinski definition) is 1. The third-order valence-electron chi connectivity index (χ3n) is 4.34. The van der Waals surface area contributed by atoms with Crippen LogP contribution in [0.3, 0.4) is 0 Å². The molecule has 6 heteroatoms. The molecule has 1 aliphatic rings. The van der Waals surface area contributed by atoms with E-state index in [2.05, 4.69) is 33.4 Å². The van der Waals surface area contributed by atoms with E-state index >= 15 is 0 Å². The van der Waals surface area contributed by atoms with Crippen LogP contribution in [-0.4, -0.2) is 43.4 Å². The molecule has 5 nitrogen and oxygen atoms in total. The number of nitrogens with zero attached hydrogens (tertiary/aromatic N) is 4. The second-order valence-electron chi connectivity index (χ2n) is 5.73. The van der Waals surface area contributed by atoms with Crippen LogP contribution in [0.5, 0.6) is 0 Å². The van der Waals surface area contributed by atoms with E-state index in [0.717, 1.165) is 34.7 Å². The number of rotatable bonds is 4. The number of aryl methyl sites for hydroxylation is 2. The Labute approximate surface area is 124 Å². The predicted molar refractivity (Wildman–Crippen MR) is 83.6 cm³/mol. The van der Waals surface area contributed by atoms with Crippen LogP contribution < -0.4 is 0 Å². The number of hydrogen-bond acceptors (Lipinski definition) is 3. The summed E-state index contributed by atoms with van der Waals surface area (Å²) >= 11 is 5.51. The van der Waals surface area contributed by atoms with Crippen molar-refractivity contribution in [2.24, 2.45) is 0 Å². The number of fused-ring (bicyclic) bond motifs is 1. The lowest BCUT2D eigenvalue weighted by atomic mass is 10.3. The Bertz CT molecular complexity index is 659. The molecule has 1 unspecified atom stereocenters. The fourth-order valence-electron chi connectivity index (χ4n) is 3.21. The van der Waals surface area contributed by atoms with E-state index in [1.807, 2.05) is 11.6 Å². The molecule has 1 atom stereocenters. The topological polar surface area (TPSA) is 41.8 Å². The quantitative estimate of drug-likeness (QED) is 0.881. The molecule has 110 valence electrons. The summed E-state index contributed by atoms with van der Waals surface area (Å²) in [4.78, 5) is 5.88. The number of aromatic amines is 1. The summed E-state index contributed by atoms with van der Waals surface area (Å²) in [5.41, 5.74) is 3.26. The zero-order valence-corrected chi connectivity index (χ0v) is 13.3. The molecule has 0 bridgehead atoms. The average molecular weight is 293 g/mol. The normalized spacial score (nSPS) is 18.1. The minimum Gasteiger partial charge on any atom is -0.328 e. The molecule has 2 aromatic heterocycles. The fraction of sp³-hybridized carbons (Fsp3) is 0.714. The lowest BCUT2D eigenvalue weighted by Gasteiger charge is -2.24. The van der Waals surface area contributed by atoms with Gasteiger partial charge in [-0.1, -0.05) is 0 Å². The van der Waals surface area contributed by atoms with E-state index in [0.29, 0.717) is 6.04 Å². The summed E-state index contributed by atoms with van der Waals surface area (Å²) in [7, 11) is 0. The molecule has 0 amide bonds. The molecule has 20 heavy (non-hydrogen) atoms. The van der Waals surface area contributed by atoms with Gasteiger partial charge in [0.15, 0.2) is 10.4 Å². The third kappa shape index (κ3) is 2.20. The van der Waals surface area contributed by atoms with Gasteiger partial charge in [-0.05, 0) is 58.9 Å². The molecule has 1 fully saturated rings. The molecule has 2 aromatic rings. The van der Waals surface area contributed by atoms with Crippen LogP contribution in [0.1, 0.15) is 32.4 Å². The second-order valence-corrected chi connectivity index (χ2v) is 6.12. The summed E-state index contributed by atoms with van der Waals surface area (Å²) in [5.74, 6) is 0. The summed E-state index contributed by atoms with van der Waals surface area (Å²) in [5, 5.41) is 4.58. The molecule has 0 aliphatic carbocycles. The summed E-state index contributed by atoms with van der Waals surface area (Å²) < 4.78 is 5.08. The Morgan fingerprint density at radius 1 is 1.35 bits per heavy atom. The number of nitrogens with one attached hydrogen (secondary N) is 1. The van der Waals surface area contributed by atoms with Crippen LogP contribution >= 0.6 is 12.2 Å². The van der Waals surface area contributed by atoms with Crippen molar-refractivity contribution >= 4 is 23.4 Å². The van der Waals surface area contributed by atoms with Crippen LogP contribution in [0.4, 0.5) is 0 Å². The minimum absolute atomic E-state index is 0.517. The van der Waals surface area contributed by atoms with E-state index in [9.17, 15) is 0 Å². The SMILES string of the molecule is CCn1nc(C)c2[nH]c(=S)n(CC(C)N3CCCC3)c21. The molecule has 3 rings (SSSR count). The Balaban J connectivity index is 1.97. The molecule has 0 radical (unpaired) electrons. The van der Waals surface area contributed by atoms with Crippen molar-refractivity contribution in [2.45, 2.75) is 52.7 Å². The summed E-state index contributed by atoms with van der Waals surface area (Å²) in [6, 6.07) is 0.517. The number of aromatic nitrogens is 4. The highest BCUT2D eigenvalue weighted by molar-refractivity contribution is 7.71. The second kappa shape index (κ2) is 5.33. The van der Waals surface area contributed by atoms with Crippen LogP contribution in [0.15, 0.2) is 0 Å². The molecule has 0 saturated carbocycles. The molecule has 0 spiro atoms. The van der Waals surface area contributed by atoms with Gasteiger partial charge in [0, 0.05) is 19.1 Å². The van der Waals surface area contributed by atoms with Crippen molar-refractivity contribution in [3.63, 3.8) is 0 Å². The zero-order chi connectivity index (χ0) is 14.3. The van der Waals surface area contributed by atoms with Crippen LogP contribution in [0, 0.1) is 11.7 Å². The first-order valence-corrected chi connectivity index (χ1v) is 7.92. The third-order valence-corrected chi connectivity index (χ3v) is 4.67. The Morgan fingerprint density at radius 3 is 2.70 bits per heavy atom. The minimum atomic E-state index is 0.517. The van der Waals surface area contributed by atoms with Gasteiger partial charge in [0.1, 0.15) is 5.52 Å². The summed E-state index contributed by atoms with van der Waals surface area (Å²) in [6.07, 6.45) is 2.65. The van der Waals surface area contributed by atoms with E-state index in [4.69, 9.17) is 12.2 Å². The molecule has 1 saturated heterocycles. The highest BCUT2D eigenvalue weighted by Gasteiger charge is 2.21. The van der Waals surface area contributed by atoms with Gasteiger partial charge in [-0.25, -0.2) is 4.68 Å². The fourth-order valence-corrected chi connectivity index (χ4v) is 3.48. The molecule has 3 heterocycles. The van der Waals surface area contributed by atoms with Crippen LogP contribution in [0.2, 0.25) is 0 Å². The number of likely N-dealkylation sites (tertiary alicyclic amines) is 1. The highest BCUT2D eigenvalue weighted by atomic mass is 32.1. The van der Waals surface area contributed by atoms with Crippen molar-refractivity contribution in [2.75, 3.05) is 13.1 Å².